The number of ether oxygens (including phenoxy) is 2. The van der Waals surface area contributed by atoms with Crippen molar-refractivity contribution in [3.05, 3.63) is 6.61 Å². The third-order valence-electron chi connectivity index (χ3n) is 1.62. The smallest absolute Gasteiger partial charge is 0.165 e. The minimum absolute atomic E-state index is 0.412. The third kappa shape index (κ3) is 4.38. The summed E-state index contributed by atoms with van der Waals surface area (Å²) >= 11 is 0. The highest BCUT2D eigenvalue weighted by Gasteiger charge is 2.21. The maximum Gasteiger partial charge on any atom is 0.165 e. The summed E-state index contributed by atoms with van der Waals surface area (Å²) in [4.78, 5) is 0. The summed E-state index contributed by atoms with van der Waals surface area (Å²) in [7, 11) is 0. The molecule has 0 spiro atoms. The molecule has 0 N–H and O–H groups in total. The maximum atomic E-state index is 5.51. The van der Waals surface area contributed by atoms with E-state index in [1.54, 1.807) is 6.61 Å². The zero-order chi connectivity index (χ0) is 8.74. The highest BCUT2D eigenvalue weighted by atomic mass is 16.7. The van der Waals surface area contributed by atoms with Gasteiger partial charge in [-0.2, -0.15) is 0 Å². The second-order valence-electron chi connectivity index (χ2n) is 2.69. The zero-order valence-electron chi connectivity index (χ0n) is 8.02. The molecule has 1 atom stereocenters. The van der Waals surface area contributed by atoms with Gasteiger partial charge < -0.3 is 9.47 Å². The molecule has 0 rings (SSSR count). The average molecular weight is 159 g/mol. The van der Waals surface area contributed by atoms with Crippen LogP contribution in [-0.2, 0) is 9.47 Å². The van der Waals surface area contributed by atoms with Gasteiger partial charge in [0.25, 0.3) is 0 Å². The Hall–Kier alpha value is -0.0800. The van der Waals surface area contributed by atoms with Crippen LogP contribution in [0.25, 0.3) is 0 Å². The molecule has 0 heterocycles. The van der Waals surface area contributed by atoms with Crippen LogP contribution in [0.4, 0.5) is 0 Å². The van der Waals surface area contributed by atoms with Gasteiger partial charge in [-0.15, -0.1) is 0 Å². The molecule has 0 fully saturated rings. The number of hydrogen-bond donors (Lipinski definition) is 0. The van der Waals surface area contributed by atoms with Gasteiger partial charge in [0.05, 0.1) is 6.61 Å². The molecule has 2 nitrogen and oxygen atoms in total. The lowest BCUT2D eigenvalue weighted by molar-refractivity contribution is -0.207. The van der Waals surface area contributed by atoms with Crippen LogP contribution in [0, 0.1) is 6.61 Å². The number of rotatable bonds is 6. The van der Waals surface area contributed by atoms with E-state index in [4.69, 9.17) is 9.47 Å². The molecule has 1 unspecified atom stereocenters. The lowest BCUT2D eigenvalue weighted by Gasteiger charge is -2.27. The minimum atomic E-state index is -0.412. The van der Waals surface area contributed by atoms with Crippen molar-refractivity contribution >= 4 is 0 Å². The average Bonchev–Trinajstić information content (AvgIpc) is 2.02. The molecule has 0 aliphatic carbocycles. The van der Waals surface area contributed by atoms with E-state index >= 15 is 0 Å². The molecule has 67 valence electrons. The Kier molecular flexibility index (Phi) is 5.51. The van der Waals surface area contributed by atoms with Gasteiger partial charge in [0.15, 0.2) is 5.79 Å². The Morgan fingerprint density at radius 2 is 2.00 bits per heavy atom. The predicted octanol–water partition coefficient (Wildman–Crippen LogP) is 2.74. The SMILES string of the molecule is C[CH]OC(C)(CC)OCCC. The molecule has 11 heavy (non-hydrogen) atoms. The number of hydrogen-bond acceptors (Lipinski definition) is 2. The molecular weight excluding hydrogens is 140 g/mol. The molecule has 0 aromatic rings. The molecule has 2 heteroatoms. The van der Waals surface area contributed by atoms with Gasteiger partial charge in [-0.3, -0.25) is 0 Å². The van der Waals surface area contributed by atoms with Crippen LogP contribution in [0.5, 0.6) is 0 Å². The molecular formula is C9H19O2. The van der Waals surface area contributed by atoms with Crippen molar-refractivity contribution < 1.29 is 9.47 Å². The minimum Gasteiger partial charge on any atom is -0.350 e. The summed E-state index contributed by atoms with van der Waals surface area (Å²) in [5, 5.41) is 0. The Morgan fingerprint density at radius 1 is 1.36 bits per heavy atom. The van der Waals surface area contributed by atoms with E-state index in [-0.39, 0.29) is 0 Å². The fourth-order valence-corrected chi connectivity index (χ4v) is 0.787. The largest absolute Gasteiger partial charge is 0.350 e. The Labute approximate surface area is 69.9 Å². The summed E-state index contributed by atoms with van der Waals surface area (Å²) in [6.07, 6.45) is 1.90. The first-order chi connectivity index (χ1) is 5.18. The first-order valence-electron chi connectivity index (χ1n) is 4.28. The molecule has 0 aromatic heterocycles. The van der Waals surface area contributed by atoms with Crippen molar-refractivity contribution in [3.63, 3.8) is 0 Å². The van der Waals surface area contributed by atoms with E-state index < -0.39 is 5.79 Å². The molecule has 0 amide bonds. The van der Waals surface area contributed by atoms with Crippen molar-refractivity contribution in [1.29, 1.82) is 0 Å². The fourth-order valence-electron chi connectivity index (χ4n) is 0.787. The van der Waals surface area contributed by atoms with Gasteiger partial charge in [0, 0.05) is 6.61 Å². The fraction of sp³-hybridized carbons (Fsp3) is 0.889. The monoisotopic (exact) mass is 159 g/mol. The summed E-state index contributed by atoms with van der Waals surface area (Å²) in [6, 6.07) is 0. The second kappa shape index (κ2) is 5.56. The van der Waals surface area contributed by atoms with Crippen LogP contribution in [0.2, 0.25) is 0 Å². The van der Waals surface area contributed by atoms with Gasteiger partial charge in [0.2, 0.25) is 0 Å². The van der Waals surface area contributed by atoms with Crippen molar-refractivity contribution in [2.75, 3.05) is 6.61 Å². The van der Waals surface area contributed by atoms with Crippen LogP contribution >= 0.6 is 0 Å². The van der Waals surface area contributed by atoms with E-state index in [2.05, 4.69) is 13.8 Å². The Bertz CT molecular complexity index is 93.6. The van der Waals surface area contributed by atoms with E-state index in [1.807, 2.05) is 13.8 Å². The molecule has 0 aliphatic heterocycles. The van der Waals surface area contributed by atoms with E-state index in [0.717, 1.165) is 19.4 Å². The lowest BCUT2D eigenvalue weighted by Crippen LogP contribution is -2.30. The van der Waals surface area contributed by atoms with E-state index in [9.17, 15) is 0 Å². The highest BCUT2D eigenvalue weighted by Crippen LogP contribution is 2.17. The Morgan fingerprint density at radius 3 is 2.36 bits per heavy atom. The summed E-state index contributed by atoms with van der Waals surface area (Å²) in [6.45, 7) is 10.4. The normalized spacial score (nSPS) is 16.4. The molecule has 0 bridgehead atoms. The van der Waals surface area contributed by atoms with Gasteiger partial charge in [-0.1, -0.05) is 13.8 Å². The second-order valence-corrected chi connectivity index (χ2v) is 2.69. The first-order valence-corrected chi connectivity index (χ1v) is 4.28. The quantitative estimate of drug-likeness (QED) is 0.555. The molecule has 0 saturated heterocycles. The summed E-state index contributed by atoms with van der Waals surface area (Å²) in [5.41, 5.74) is 0. The third-order valence-corrected chi connectivity index (χ3v) is 1.62. The highest BCUT2D eigenvalue weighted by molar-refractivity contribution is 4.61. The van der Waals surface area contributed by atoms with E-state index in [1.165, 1.54) is 0 Å². The van der Waals surface area contributed by atoms with Crippen molar-refractivity contribution in [2.24, 2.45) is 0 Å². The predicted molar refractivity (Wildman–Crippen MR) is 46.0 cm³/mol. The van der Waals surface area contributed by atoms with Crippen molar-refractivity contribution in [1.82, 2.24) is 0 Å². The topological polar surface area (TPSA) is 18.5 Å². The van der Waals surface area contributed by atoms with Crippen LogP contribution in [0.1, 0.15) is 40.5 Å². The standard InChI is InChI=1S/C9H19O2/c1-5-8-11-9(4,6-2)10-7-3/h7H,5-6,8H2,1-4H3. The van der Waals surface area contributed by atoms with Gasteiger partial charge in [0.1, 0.15) is 0 Å². The zero-order valence-corrected chi connectivity index (χ0v) is 8.02. The van der Waals surface area contributed by atoms with Crippen molar-refractivity contribution in [2.45, 2.75) is 46.3 Å². The van der Waals surface area contributed by atoms with Crippen LogP contribution in [-0.4, -0.2) is 12.4 Å². The van der Waals surface area contributed by atoms with Crippen LogP contribution in [0.15, 0.2) is 0 Å². The molecule has 1 radical (unpaired) electrons. The van der Waals surface area contributed by atoms with Crippen molar-refractivity contribution in [3.8, 4) is 0 Å². The Balaban J connectivity index is 3.68. The molecule has 0 saturated carbocycles. The lowest BCUT2D eigenvalue weighted by atomic mass is 10.2. The van der Waals surface area contributed by atoms with Gasteiger partial charge in [-0.05, 0) is 26.7 Å². The van der Waals surface area contributed by atoms with E-state index in [0.29, 0.717) is 0 Å². The summed E-state index contributed by atoms with van der Waals surface area (Å²) < 4.78 is 10.8. The van der Waals surface area contributed by atoms with Gasteiger partial charge in [-0.25, -0.2) is 0 Å². The van der Waals surface area contributed by atoms with Crippen LogP contribution < -0.4 is 0 Å². The van der Waals surface area contributed by atoms with Gasteiger partial charge >= 0.3 is 0 Å². The summed E-state index contributed by atoms with van der Waals surface area (Å²) in [5.74, 6) is -0.412. The maximum absolute atomic E-state index is 5.51. The van der Waals surface area contributed by atoms with Crippen LogP contribution in [0.3, 0.4) is 0 Å². The molecule has 0 aromatic carbocycles. The molecule has 0 aliphatic rings. The first kappa shape index (κ1) is 10.9.